The van der Waals surface area contributed by atoms with Gasteiger partial charge in [0.2, 0.25) is 0 Å². The summed E-state index contributed by atoms with van der Waals surface area (Å²) in [6, 6.07) is 3.38. The Morgan fingerprint density at radius 1 is 1.32 bits per heavy atom. The fraction of sp³-hybridized carbons (Fsp3) is 0.714. The fourth-order valence-corrected chi connectivity index (χ4v) is 6.21. The van der Waals surface area contributed by atoms with Crippen LogP contribution in [0, 0.1) is 0 Å². The Balaban J connectivity index is 3.06. The van der Waals surface area contributed by atoms with Crippen LogP contribution in [0.4, 0.5) is 0 Å². The van der Waals surface area contributed by atoms with E-state index in [4.69, 9.17) is 4.43 Å². The second-order valence-electron chi connectivity index (χ2n) is 5.12. The van der Waals surface area contributed by atoms with Gasteiger partial charge in [0, 0.05) is 5.38 Å². The average molecular weight is 300 g/mol. The first-order valence-electron chi connectivity index (χ1n) is 7.10. The highest BCUT2D eigenvalue weighted by Crippen LogP contribution is 2.36. The maximum absolute atomic E-state index is 10.8. The van der Waals surface area contributed by atoms with Crippen LogP contribution in [0.15, 0.2) is 5.38 Å². The summed E-state index contributed by atoms with van der Waals surface area (Å²) in [6.45, 7) is 10.9. The average Bonchev–Trinajstić information content (AvgIpc) is 2.94. The van der Waals surface area contributed by atoms with Crippen molar-refractivity contribution in [3.05, 3.63) is 16.1 Å². The summed E-state index contributed by atoms with van der Waals surface area (Å²) in [4.78, 5) is 15.2. The minimum Gasteiger partial charge on any atom is -0.406 e. The van der Waals surface area contributed by atoms with E-state index in [1.807, 2.05) is 5.38 Å². The van der Waals surface area contributed by atoms with Crippen molar-refractivity contribution < 1.29 is 9.22 Å². The van der Waals surface area contributed by atoms with Crippen molar-refractivity contribution in [2.24, 2.45) is 0 Å². The van der Waals surface area contributed by atoms with E-state index >= 15 is 0 Å². The number of hydrogen-bond donors (Lipinski definition) is 0. The van der Waals surface area contributed by atoms with Gasteiger partial charge in [-0.15, -0.1) is 11.3 Å². The number of hydrogen-bond acceptors (Lipinski definition) is 4. The molecule has 0 N–H and O–H groups in total. The zero-order chi connectivity index (χ0) is 14.5. The minimum atomic E-state index is -1.68. The molecule has 0 aliphatic rings. The van der Waals surface area contributed by atoms with Crippen LogP contribution in [0.2, 0.25) is 18.1 Å². The number of thiazole rings is 1. The van der Waals surface area contributed by atoms with Gasteiger partial charge >= 0.3 is 0 Å². The molecule has 0 aliphatic carbocycles. The predicted octanol–water partition coefficient (Wildman–Crippen LogP) is 4.60. The summed E-state index contributed by atoms with van der Waals surface area (Å²) in [5.74, 6) is 0. The molecule has 0 amide bonds. The summed E-state index contributed by atoms with van der Waals surface area (Å²) >= 11 is 1.40. The Bertz CT molecular complexity index is 409. The third-order valence-electron chi connectivity index (χ3n) is 4.21. The molecule has 5 heteroatoms. The summed E-state index contributed by atoms with van der Waals surface area (Å²) in [5, 5.41) is 2.50. The molecular weight excluding hydrogens is 274 g/mol. The van der Waals surface area contributed by atoms with Gasteiger partial charge in [-0.2, -0.15) is 0 Å². The Labute approximate surface area is 121 Å². The third-order valence-corrected chi connectivity index (χ3v) is 9.73. The van der Waals surface area contributed by atoms with Crippen LogP contribution in [0.5, 0.6) is 0 Å². The number of carbonyl (C=O) groups excluding carboxylic acids is 1. The van der Waals surface area contributed by atoms with E-state index in [2.05, 4.69) is 39.6 Å². The molecule has 0 spiro atoms. The minimum absolute atomic E-state index is 0.355. The Morgan fingerprint density at radius 3 is 2.26 bits per heavy atom. The summed E-state index contributed by atoms with van der Waals surface area (Å²) in [7, 11) is -1.68. The van der Waals surface area contributed by atoms with Crippen LogP contribution in [0.1, 0.15) is 56.5 Å². The molecule has 108 valence electrons. The first-order valence-corrected chi connectivity index (χ1v) is 10.5. The lowest BCUT2D eigenvalue weighted by Gasteiger charge is -2.39. The van der Waals surface area contributed by atoms with Gasteiger partial charge in [0.1, 0.15) is 0 Å². The number of aldehydes is 1. The molecule has 1 aromatic heterocycles. The van der Waals surface area contributed by atoms with Crippen molar-refractivity contribution in [1.29, 1.82) is 0 Å². The number of rotatable bonds is 8. The molecule has 19 heavy (non-hydrogen) atoms. The van der Waals surface area contributed by atoms with Crippen LogP contribution in [0.25, 0.3) is 0 Å². The van der Waals surface area contributed by atoms with Crippen molar-refractivity contribution >= 4 is 25.9 Å². The molecule has 1 atom stereocenters. The lowest BCUT2D eigenvalue weighted by Crippen LogP contribution is -2.44. The molecular formula is C14H25NO2SSi. The van der Waals surface area contributed by atoms with E-state index in [0.29, 0.717) is 5.01 Å². The lowest BCUT2D eigenvalue weighted by atomic mass is 10.0. The largest absolute Gasteiger partial charge is 0.406 e. The second-order valence-corrected chi connectivity index (χ2v) is 10.7. The van der Waals surface area contributed by atoms with Crippen molar-refractivity contribution in [3.63, 3.8) is 0 Å². The number of carbonyl (C=O) groups is 1. The molecule has 0 fully saturated rings. The van der Waals surface area contributed by atoms with E-state index in [0.717, 1.165) is 36.5 Å². The van der Waals surface area contributed by atoms with E-state index in [-0.39, 0.29) is 5.60 Å². The summed E-state index contributed by atoms with van der Waals surface area (Å²) in [6.07, 6.45) is 1.69. The monoisotopic (exact) mass is 299 g/mol. The molecule has 1 rings (SSSR count). The van der Waals surface area contributed by atoms with Gasteiger partial charge in [0.25, 0.3) is 0 Å². The highest BCUT2D eigenvalue weighted by molar-refractivity contribution is 7.11. The van der Waals surface area contributed by atoms with Crippen molar-refractivity contribution in [1.82, 2.24) is 4.98 Å². The van der Waals surface area contributed by atoms with Crippen molar-refractivity contribution in [2.75, 3.05) is 0 Å². The zero-order valence-corrected chi connectivity index (χ0v) is 14.5. The van der Waals surface area contributed by atoms with Gasteiger partial charge in [0.15, 0.2) is 19.6 Å². The van der Waals surface area contributed by atoms with Crippen LogP contribution in [0.3, 0.4) is 0 Å². The van der Waals surface area contributed by atoms with E-state index in [1.54, 1.807) is 0 Å². The Kier molecular flexibility index (Phi) is 5.89. The van der Waals surface area contributed by atoms with Crippen molar-refractivity contribution in [3.8, 4) is 0 Å². The highest BCUT2D eigenvalue weighted by Gasteiger charge is 2.39. The standard InChI is InChI=1S/C14H25NO2SSi/c1-6-14(5,12-11-18-13(10-16)15-12)17-19(7-2,8-3)9-4/h10-11H,6-9H2,1-5H3. The van der Waals surface area contributed by atoms with Crippen LogP contribution < -0.4 is 0 Å². The normalized spacial score (nSPS) is 15.2. The molecule has 0 saturated carbocycles. The van der Waals surface area contributed by atoms with Gasteiger partial charge in [-0.25, -0.2) is 4.98 Å². The predicted molar refractivity (Wildman–Crippen MR) is 83.4 cm³/mol. The number of nitrogens with zero attached hydrogens (tertiary/aromatic N) is 1. The van der Waals surface area contributed by atoms with Gasteiger partial charge < -0.3 is 4.43 Å². The van der Waals surface area contributed by atoms with Crippen LogP contribution >= 0.6 is 11.3 Å². The Hall–Kier alpha value is -0.523. The molecule has 0 aliphatic heterocycles. The molecule has 0 bridgehead atoms. The lowest BCUT2D eigenvalue weighted by molar-refractivity contribution is 0.0647. The highest BCUT2D eigenvalue weighted by atomic mass is 32.1. The molecule has 3 nitrogen and oxygen atoms in total. The molecule has 1 heterocycles. The maximum Gasteiger partial charge on any atom is 0.193 e. The SMILES string of the molecule is CCC(C)(O[Si](CC)(CC)CC)c1csc(C=O)n1. The van der Waals surface area contributed by atoms with Gasteiger partial charge in [-0.05, 0) is 31.5 Å². The Morgan fingerprint density at radius 2 is 1.89 bits per heavy atom. The maximum atomic E-state index is 10.8. The smallest absolute Gasteiger partial charge is 0.193 e. The molecule has 0 saturated heterocycles. The third kappa shape index (κ3) is 3.52. The first kappa shape index (κ1) is 16.5. The summed E-state index contributed by atoms with van der Waals surface area (Å²) < 4.78 is 6.63. The van der Waals surface area contributed by atoms with Crippen molar-refractivity contribution in [2.45, 2.75) is 64.8 Å². The number of aromatic nitrogens is 1. The van der Waals surface area contributed by atoms with Crippen LogP contribution in [-0.2, 0) is 10.0 Å². The second kappa shape index (κ2) is 6.77. The van der Waals surface area contributed by atoms with Crippen LogP contribution in [-0.4, -0.2) is 19.6 Å². The summed E-state index contributed by atoms with van der Waals surface area (Å²) in [5.41, 5.74) is 0.556. The molecule has 1 unspecified atom stereocenters. The molecule has 0 radical (unpaired) electrons. The first-order chi connectivity index (χ1) is 8.99. The van der Waals surface area contributed by atoms with Gasteiger partial charge in [0.05, 0.1) is 11.3 Å². The fourth-order valence-electron chi connectivity index (χ4n) is 2.33. The molecule has 0 aromatic carbocycles. The topological polar surface area (TPSA) is 39.2 Å². The van der Waals surface area contributed by atoms with Gasteiger partial charge in [-0.1, -0.05) is 27.7 Å². The zero-order valence-electron chi connectivity index (χ0n) is 12.7. The van der Waals surface area contributed by atoms with E-state index in [9.17, 15) is 4.79 Å². The van der Waals surface area contributed by atoms with E-state index in [1.165, 1.54) is 11.3 Å². The quantitative estimate of drug-likeness (QED) is 0.520. The van der Waals surface area contributed by atoms with E-state index < -0.39 is 8.32 Å². The van der Waals surface area contributed by atoms with Gasteiger partial charge in [-0.3, -0.25) is 4.79 Å². The molecule has 1 aromatic rings.